The molecule has 8 heteroatoms. The second kappa shape index (κ2) is 9.79. The summed E-state index contributed by atoms with van der Waals surface area (Å²) in [5.41, 5.74) is 0.458. The van der Waals surface area contributed by atoms with Crippen molar-refractivity contribution in [3.63, 3.8) is 0 Å². The van der Waals surface area contributed by atoms with E-state index in [9.17, 15) is 18.4 Å². The second-order valence-corrected chi connectivity index (χ2v) is 6.74. The van der Waals surface area contributed by atoms with Crippen LogP contribution < -0.4 is 4.74 Å². The molecule has 5 nitrogen and oxygen atoms in total. The number of alkyl halides is 2. The number of pyridine rings is 1. The molecule has 0 fully saturated rings. The van der Waals surface area contributed by atoms with E-state index in [2.05, 4.69) is 9.72 Å². The third-order valence-electron chi connectivity index (χ3n) is 3.68. The molecule has 0 saturated carbocycles. The molecule has 0 saturated heterocycles. The zero-order valence-electron chi connectivity index (χ0n) is 15.0. The molecule has 0 aliphatic rings. The highest BCUT2D eigenvalue weighted by molar-refractivity contribution is 7.99. The molecular formula is C21H15F2NO4S. The lowest BCUT2D eigenvalue weighted by atomic mass is 10.1. The van der Waals surface area contributed by atoms with Gasteiger partial charge in [-0.15, -0.1) is 0 Å². The highest BCUT2D eigenvalue weighted by Crippen LogP contribution is 2.28. The molecule has 0 radical (unpaired) electrons. The fraction of sp³-hybridized carbons (Fsp3) is 0.0952. The van der Waals surface area contributed by atoms with Gasteiger partial charge in [-0.05, 0) is 48.5 Å². The van der Waals surface area contributed by atoms with Crippen LogP contribution in [-0.4, -0.2) is 30.0 Å². The molecular weight excluding hydrogens is 400 g/mol. The van der Waals surface area contributed by atoms with Crippen molar-refractivity contribution in [2.45, 2.75) is 16.5 Å². The largest absolute Gasteiger partial charge is 0.454 e. The maximum absolute atomic E-state index is 12.4. The topological polar surface area (TPSA) is 65.5 Å². The number of esters is 1. The average Bonchev–Trinajstić information content (AvgIpc) is 2.73. The Balaban J connectivity index is 1.63. The summed E-state index contributed by atoms with van der Waals surface area (Å²) >= 11 is 1.31. The number of carbonyl (C=O) groups is 2. The number of aromatic nitrogens is 1. The molecule has 3 rings (SSSR count). The zero-order chi connectivity index (χ0) is 20.6. The minimum Gasteiger partial charge on any atom is -0.454 e. The van der Waals surface area contributed by atoms with Crippen molar-refractivity contribution in [1.82, 2.24) is 4.98 Å². The first-order valence-corrected chi connectivity index (χ1v) is 9.27. The van der Waals surface area contributed by atoms with E-state index in [4.69, 9.17) is 4.74 Å². The number of halogens is 2. The molecule has 0 spiro atoms. The van der Waals surface area contributed by atoms with Crippen LogP contribution in [0.2, 0.25) is 0 Å². The maximum Gasteiger partial charge on any atom is 0.387 e. The first-order chi connectivity index (χ1) is 14.0. The van der Waals surface area contributed by atoms with E-state index >= 15 is 0 Å². The Morgan fingerprint density at radius 3 is 2.38 bits per heavy atom. The van der Waals surface area contributed by atoms with Crippen LogP contribution in [0.1, 0.15) is 20.7 Å². The lowest BCUT2D eigenvalue weighted by Crippen LogP contribution is -2.15. The average molecular weight is 415 g/mol. The fourth-order valence-electron chi connectivity index (χ4n) is 2.34. The Bertz CT molecular complexity index is 981. The number of hydrogen-bond donors (Lipinski definition) is 0. The van der Waals surface area contributed by atoms with E-state index in [1.807, 2.05) is 30.3 Å². The minimum atomic E-state index is -2.94. The normalized spacial score (nSPS) is 10.6. The maximum atomic E-state index is 12.4. The van der Waals surface area contributed by atoms with Crippen molar-refractivity contribution in [3.8, 4) is 5.75 Å². The van der Waals surface area contributed by atoms with Crippen LogP contribution in [0, 0.1) is 0 Å². The summed E-state index contributed by atoms with van der Waals surface area (Å²) in [7, 11) is 0. The minimum absolute atomic E-state index is 0.0634. The van der Waals surface area contributed by atoms with Crippen LogP contribution in [0.15, 0.2) is 82.8 Å². The van der Waals surface area contributed by atoms with Gasteiger partial charge in [-0.3, -0.25) is 4.79 Å². The molecule has 1 aromatic heterocycles. The number of carbonyl (C=O) groups excluding carboxylic acids is 2. The summed E-state index contributed by atoms with van der Waals surface area (Å²) in [5.74, 6) is -1.21. The van der Waals surface area contributed by atoms with Crippen LogP contribution >= 0.6 is 11.8 Å². The van der Waals surface area contributed by atoms with Crippen LogP contribution in [0.4, 0.5) is 8.78 Å². The first-order valence-electron chi connectivity index (χ1n) is 8.46. The van der Waals surface area contributed by atoms with Crippen LogP contribution in [0.25, 0.3) is 0 Å². The van der Waals surface area contributed by atoms with E-state index in [0.29, 0.717) is 5.03 Å². The van der Waals surface area contributed by atoms with Crippen molar-refractivity contribution in [2.24, 2.45) is 0 Å². The molecule has 148 valence electrons. The standard InChI is InChI=1S/C21H15F2NO4S/c22-21(23)28-15-10-8-14(9-11-15)18(25)13-27-20(26)17-7-4-12-24-19(17)29-16-5-2-1-3-6-16/h1-12,21H,13H2. The van der Waals surface area contributed by atoms with Gasteiger partial charge in [0.2, 0.25) is 0 Å². The molecule has 1 heterocycles. The number of ether oxygens (including phenoxy) is 2. The number of benzene rings is 2. The Hall–Kier alpha value is -3.26. The Morgan fingerprint density at radius 2 is 1.69 bits per heavy atom. The van der Waals surface area contributed by atoms with Gasteiger partial charge in [0.15, 0.2) is 12.4 Å². The van der Waals surface area contributed by atoms with Crippen molar-refractivity contribution in [2.75, 3.05) is 6.61 Å². The third kappa shape index (κ3) is 5.86. The summed E-state index contributed by atoms with van der Waals surface area (Å²) in [6, 6.07) is 17.7. The quantitative estimate of drug-likeness (QED) is 0.386. The molecule has 0 N–H and O–H groups in total. The van der Waals surface area contributed by atoms with Crippen LogP contribution in [0.3, 0.4) is 0 Å². The summed E-state index contributed by atoms with van der Waals surface area (Å²) < 4.78 is 33.7. The van der Waals surface area contributed by atoms with Crippen molar-refractivity contribution >= 4 is 23.5 Å². The molecule has 3 aromatic rings. The van der Waals surface area contributed by atoms with Gasteiger partial charge in [-0.1, -0.05) is 30.0 Å². The smallest absolute Gasteiger partial charge is 0.387 e. The predicted molar refractivity (Wildman–Crippen MR) is 102 cm³/mol. The molecule has 0 aliphatic carbocycles. The van der Waals surface area contributed by atoms with E-state index in [-0.39, 0.29) is 16.9 Å². The van der Waals surface area contributed by atoms with Gasteiger partial charge < -0.3 is 9.47 Å². The Morgan fingerprint density at radius 1 is 0.966 bits per heavy atom. The molecule has 0 atom stereocenters. The van der Waals surface area contributed by atoms with E-state index in [1.54, 1.807) is 18.3 Å². The number of nitrogens with zero attached hydrogens (tertiary/aromatic N) is 1. The van der Waals surface area contributed by atoms with Gasteiger partial charge >= 0.3 is 12.6 Å². The molecule has 2 aromatic carbocycles. The molecule has 0 aliphatic heterocycles. The Labute approximate surface area is 169 Å². The molecule has 0 unspecified atom stereocenters. The van der Waals surface area contributed by atoms with Gasteiger partial charge in [0.1, 0.15) is 10.8 Å². The van der Waals surface area contributed by atoms with E-state index in [1.165, 1.54) is 36.0 Å². The van der Waals surface area contributed by atoms with Gasteiger partial charge in [0, 0.05) is 16.7 Å². The highest BCUT2D eigenvalue weighted by atomic mass is 32.2. The Kier molecular flexibility index (Phi) is 6.91. The summed E-state index contributed by atoms with van der Waals surface area (Å²) in [4.78, 5) is 29.8. The van der Waals surface area contributed by atoms with Crippen LogP contribution in [-0.2, 0) is 4.74 Å². The van der Waals surface area contributed by atoms with Crippen molar-refractivity contribution in [3.05, 3.63) is 84.1 Å². The van der Waals surface area contributed by atoms with E-state index in [0.717, 1.165) is 4.90 Å². The number of hydrogen-bond acceptors (Lipinski definition) is 6. The summed E-state index contributed by atoms with van der Waals surface area (Å²) in [6.45, 7) is -3.43. The number of rotatable bonds is 8. The SMILES string of the molecule is O=C(COC(=O)c1cccnc1Sc1ccccc1)c1ccc(OC(F)F)cc1. The lowest BCUT2D eigenvalue weighted by molar-refractivity contribution is -0.0498. The third-order valence-corrected chi connectivity index (χ3v) is 4.71. The molecule has 29 heavy (non-hydrogen) atoms. The summed E-state index contributed by atoms with van der Waals surface area (Å²) in [6.07, 6.45) is 1.57. The van der Waals surface area contributed by atoms with Crippen molar-refractivity contribution in [1.29, 1.82) is 0 Å². The predicted octanol–water partition coefficient (Wildman–Crippen LogP) is 4.87. The molecule has 0 amide bonds. The van der Waals surface area contributed by atoms with Gasteiger partial charge in [0.05, 0.1) is 5.56 Å². The van der Waals surface area contributed by atoms with Gasteiger partial charge in [-0.25, -0.2) is 9.78 Å². The highest BCUT2D eigenvalue weighted by Gasteiger charge is 2.17. The first kappa shape index (κ1) is 20.5. The van der Waals surface area contributed by atoms with E-state index < -0.39 is 25.0 Å². The van der Waals surface area contributed by atoms with Gasteiger partial charge in [0.25, 0.3) is 0 Å². The zero-order valence-corrected chi connectivity index (χ0v) is 15.8. The number of Topliss-reactive ketones (excluding diaryl/α,β-unsaturated/α-hetero) is 1. The fourth-order valence-corrected chi connectivity index (χ4v) is 3.23. The number of ketones is 1. The lowest BCUT2D eigenvalue weighted by Gasteiger charge is -2.09. The van der Waals surface area contributed by atoms with Gasteiger partial charge in [-0.2, -0.15) is 8.78 Å². The monoisotopic (exact) mass is 415 g/mol. The molecule has 0 bridgehead atoms. The summed E-state index contributed by atoms with van der Waals surface area (Å²) in [5, 5.41) is 0.463. The second-order valence-electron chi connectivity index (χ2n) is 5.67. The van der Waals surface area contributed by atoms with Crippen LogP contribution in [0.5, 0.6) is 5.75 Å². The van der Waals surface area contributed by atoms with Crippen molar-refractivity contribution < 1.29 is 27.8 Å².